The van der Waals surface area contributed by atoms with Crippen molar-refractivity contribution >= 4 is 23.2 Å². The number of hydrogen-bond donors (Lipinski definition) is 1. The molecule has 1 N–H and O–H groups in total. The molecule has 0 saturated heterocycles. The van der Waals surface area contributed by atoms with E-state index in [1.54, 1.807) is 4.90 Å². The largest absolute Gasteiger partial charge is 0.324 e. The predicted octanol–water partition coefficient (Wildman–Crippen LogP) is 3.12. The molecular weight excluding hydrogens is 350 g/mol. The van der Waals surface area contributed by atoms with Crippen LogP contribution in [0.25, 0.3) is 0 Å². The molecule has 1 atom stereocenters. The molecule has 0 aromatic heterocycles. The Morgan fingerprint density at radius 2 is 1.82 bits per heavy atom. The molecule has 3 aliphatic heterocycles. The van der Waals surface area contributed by atoms with E-state index in [-0.39, 0.29) is 11.8 Å². The summed E-state index contributed by atoms with van der Waals surface area (Å²) >= 11 is 0. The van der Waals surface area contributed by atoms with Gasteiger partial charge >= 0.3 is 0 Å². The minimum absolute atomic E-state index is 0.104. The topological polar surface area (TPSA) is 61.8 Å². The highest BCUT2D eigenvalue weighted by molar-refractivity contribution is 6.08. The fourth-order valence-electron chi connectivity index (χ4n) is 4.33. The van der Waals surface area contributed by atoms with E-state index in [0.29, 0.717) is 18.7 Å². The first-order valence-corrected chi connectivity index (χ1v) is 9.71. The zero-order valence-electron chi connectivity index (χ0n) is 15.5. The van der Waals surface area contributed by atoms with Gasteiger partial charge in [-0.15, -0.1) is 0 Å². The van der Waals surface area contributed by atoms with Gasteiger partial charge in [-0.2, -0.15) is 0 Å². The van der Waals surface area contributed by atoms with Crippen LogP contribution in [0.1, 0.15) is 24.0 Å². The second-order valence-electron chi connectivity index (χ2n) is 7.60. The van der Waals surface area contributed by atoms with Gasteiger partial charge in [0.1, 0.15) is 11.7 Å². The maximum atomic E-state index is 13.0. The molecule has 2 amide bonds. The third-order valence-electron chi connectivity index (χ3n) is 5.74. The lowest BCUT2D eigenvalue weighted by Crippen LogP contribution is -2.45. The van der Waals surface area contributed by atoms with Gasteiger partial charge in [-0.3, -0.25) is 14.6 Å². The molecule has 2 aromatic rings. The van der Waals surface area contributed by atoms with Crippen molar-refractivity contribution in [3.05, 3.63) is 77.0 Å². The quantitative estimate of drug-likeness (QED) is 0.901. The number of carbonyl (C=O) groups excluding carboxylic acids is 2. The van der Waals surface area contributed by atoms with E-state index in [1.807, 2.05) is 42.5 Å². The van der Waals surface area contributed by atoms with E-state index in [2.05, 4.69) is 22.4 Å². The lowest BCUT2D eigenvalue weighted by Gasteiger charge is -2.26. The first-order valence-electron chi connectivity index (χ1n) is 9.71. The Labute approximate surface area is 163 Å². The maximum Gasteiger partial charge on any atom is 0.273 e. The Morgan fingerprint density at radius 3 is 2.64 bits per heavy atom. The van der Waals surface area contributed by atoms with Crippen LogP contribution in [0.4, 0.5) is 5.69 Å². The number of para-hydroxylation sites is 1. The van der Waals surface area contributed by atoms with Crippen molar-refractivity contribution in [3.63, 3.8) is 0 Å². The molecule has 0 aliphatic carbocycles. The summed E-state index contributed by atoms with van der Waals surface area (Å²) in [5.74, 6) is -0.211. The van der Waals surface area contributed by atoms with Gasteiger partial charge in [-0.1, -0.05) is 48.5 Å². The van der Waals surface area contributed by atoms with Gasteiger partial charge in [0.25, 0.3) is 5.91 Å². The van der Waals surface area contributed by atoms with Gasteiger partial charge in [0.2, 0.25) is 5.91 Å². The standard InChI is InChI=1S/C23H21N3O2/c27-22-20(11-10-16-8-4-5-9-19(16)25-22)26-14-17-13-18(24-21(17)23(26)28)12-15-6-2-1-3-7-15/h1-9,20H,10-14H2,(H,25,27). The fraction of sp³-hybridized carbons (Fsp3) is 0.261. The second kappa shape index (κ2) is 6.75. The van der Waals surface area contributed by atoms with Crippen LogP contribution >= 0.6 is 0 Å². The molecule has 3 heterocycles. The molecule has 2 aromatic carbocycles. The third-order valence-corrected chi connectivity index (χ3v) is 5.74. The highest BCUT2D eigenvalue weighted by Gasteiger charge is 2.41. The number of amides is 2. The van der Waals surface area contributed by atoms with E-state index >= 15 is 0 Å². The molecule has 0 saturated carbocycles. The summed E-state index contributed by atoms with van der Waals surface area (Å²) in [4.78, 5) is 32.1. The Balaban J connectivity index is 1.31. The Kier molecular flexibility index (Phi) is 4.08. The SMILES string of the molecule is O=C1Nc2ccccc2CCC1N1CC2=C(N=C(Cc3ccccc3)C2)C1=O. The normalized spacial score (nSPS) is 21.2. The van der Waals surface area contributed by atoms with Crippen molar-refractivity contribution in [2.75, 3.05) is 11.9 Å². The van der Waals surface area contributed by atoms with Crippen LogP contribution in [0.3, 0.4) is 0 Å². The van der Waals surface area contributed by atoms with Crippen molar-refractivity contribution in [1.29, 1.82) is 0 Å². The van der Waals surface area contributed by atoms with Crippen LogP contribution in [0.5, 0.6) is 0 Å². The Hall–Kier alpha value is -3.21. The van der Waals surface area contributed by atoms with Gasteiger partial charge < -0.3 is 10.2 Å². The highest BCUT2D eigenvalue weighted by Crippen LogP contribution is 2.33. The molecule has 0 bridgehead atoms. The molecule has 140 valence electrons. The zero-order valence-corrected chi connectivity index (χ0v) is 15.5. The summed E-state index contributed by atoms with van der Waals surface area (Å²) in [6, 6.07) is 17.6. The molecular formula is C23H21N3O2. The van der Waals surface area contributed by atoms with Gasteiger partial charge in [0.15, 0.2) is 0 Å². The number of anilines is 1. The molecule has 3 aliphatic rings. The van der Waals surface area contributed by atoms with Crippen molar-refractivity contribution in [3.8, 4) is 0 Å². The summed E-state index contributed by atoms with van der Waals surface area (Å²) in [5, 5.41) is 2.99. The van der Waals surface area contributed by atoms with Gasteiger partial charge in [0, 0.05) is 30.8 Å². The monoisotopic (exact) mass is 371 g/mol. The summed E-state index contributed by atoms with van der Waals surface area (Å²) in [5.41, 5.74) is 5.81. The number of nitrogens with zero attached hydrogens (tertiary/aromatic N) is 2. The number of aryl methyl sites for hydroxylation is 1. The van der Waals surface area contributed by atoms with Crippen molar-refractivity contribution in [2.24, 2.45) is 4.99 Å². The molecule has 5 nitrogen and oxygen atoms in total. The van der Waals surface area contributed by atoms with E-state index in [0.717, 1.165) is 41.8 Å². The number of hydrogen-bond acceptors (Lipinski definition) is 3. The van der Waals surface area contributed by atoms with Crippen LogP contribution < -0.4 is 5.32 Å². The van der Waals surface area contributed by atoms with E-state index in [9.17, 15) is 9.59 Å². The number of aliphatic imine (C=N–C) groups is 1. The first-order chi connectivity index (χ1) is 13.7. The van der Waals surface area contributed by atoms with Gasteiger partial charge in [0.05, 0.1) is 0 Å². The van der Waals surface area contributed by atoms with E-state index in [1.165, 1.54) is 5.56 Å². The molecule has 28 heavy (non-hydrogen) atoms. The Bertz CT molecular complexity index is 1020. The minimum Gasteiger partial charge on any atom is -0.324 e. The second-order valence-corrected chi connectivity index (χ2v) is 7.60. The molecule has 5 rings (SSSR count). The summed E-state index contributed by atoms with van der Waals surface area (Å²) in [6.45, 7) is 0.504. The molecule has 0 fully saturated rings. The number of carbonyl (C=O) groups is 2. The van der Waals surface area contributed by atoms with Crippen LogP contribution in [0, 0.1) is 0 Å². The number of rotatable bonds is 3. The van der Waals surface area contributed by atoms with Crippen molar-refractivity contribution < 1.29 is 9.59 Å². The number of benzene rings is 2. The first kappa shape index (κ1) is 16.9. The third kappa shape index (κ3) is 2.93. The average molecular weight is 371 g/mol. The van der Waals surface area contributed by atoms with Crippen LogP contribution in [0.2, 0.25) is 0 Å². The molecule has 0 spiro atoms. The average Bonchev–Trinajstić information content (AvgIpc) is 3.17. The predicted molar refractivity (Wildman–Crippen MR) is 108 cm³/mol. The molecule has 5 heteroatoms. The maximum absolute atomic E-state index is 13.0. The number of nitrogens with one attached hydrogen (secondary N) is 1. The summed E-state index contributed by atoms with van der Waals surface area (Å²) < 4.78 is 0. The smallest absolute Gasteiger partial charge is 0.273 e. The highest BCUT2D eigenvalue weighted by atomic mass is 16.2. The minimum atomic E-state index is -0.446. The molecule has 1 unspecified atom stereocenters. The molecule has 0 radical (unpaired) electrons. The Morgan fingerprint density at radius 1 is 1.04 bits per heavy atom. The number of fused-ring (bicyclic) bond motifs is 1. The fourth-order valence-corrected chi connectivity index (χ4v) is 4.33. The van der Waals surface area contributed by atoms with Gasteiger partial charge in [-0.05, 0) is 35.6 Å². The van der Waals surface area contributed by atoms with Crippen LogP contribution in [0.15, 0.2) is 70.9 Å². The van der Waals surface area contributed by atoms with Crippen molar-refractivity contribution in [1.82, 2.24) is 4.90 Å². The zero-order chi connectivity index (χ0) is 19.1. The lowest BCUT2D eigenvalue weighted by molar-refractivity contribution is -0.134. The van der Waals surface area contributed by atoms with E-state index < -0.39 is 6.04 Å². The van der Waals surface area contributed by atoms with Crippen molar-refractivity contribution in [2.45, 2.75) is 31.7 Å². The summed E-state index contributed by atoms with van der Waals surface area (Å²) in [6.07, 6.45) is 2.90. The van der Waals surface area contributed by atoms with Crippen LogP contribution in [-0.4, -0.2) is 35.0 Å². The summed E-state index contributed by atoms with van der Waals surface area (Å²) in [7, 11) is 0. The van der Waals surface area contributed by atoms with E-state index in [4.69, 9.17) is 0 Å². The van der Waals surface area contributed by atoms with Crippen LogP contribution in [-0.2, 0) is 22.4 Å². The lowest BCUT2D eigenvalue weighted by atomic mass is 10.0. The van der Waals surface area contributed by atoms with Gasteiger partial charge in [-0.25, -0.2) is 0 Å².